The molecular weight excluding hydrogens is 408 g/mol. The average Bonchev–Trinajstić information content (AvgIpc) is 2.64. The van der Waals surface area contributed by atoms with Crippen LogP contribution in [0.2, 0.25) is 0 Å². The van der Waals surface area contributed by atoms with Crippen LogP contribution in [0.25, 0.3) is 0 Å². The molecule has 0 fully saturated rings. The van der Waals surface area contributed by atoms with Crippen molar-refractivity contribution in [2.24, 2.45) is 0 Å². The van der Waals surface area contributed by atoms with Crippen molar-refractivity contribution >= 4 is 11.6 Å². The fourth-order valence-electron chi connectivity index (χ4n) is 2.71. The van der Waals surface area contributed by atoms with Crippen molar-refractivity contribution in [3.63, 3.8) is 0 Å². The Balaban J connectivity index is 2.16. The Kier molecular flexibility index (Phi) is 4.87. The molecule has 0 saturated heterocycles. The van der Waals surface area contributed by atoms with E-state index >= 15 is 0 Å². The Morgan fingerprint density at radius 1 is 1.31 bits per heavy atom. The van der Waals surface area contributed by atoms with Crippen molar-refractivity contribution in [3.8, 4) is 11.8 Å². The van der Waals surface area contributed by atoms with Gasteiger partial charge in [-0.3, -0.25) is 9.69 Å². The number of aliphatic hydroxyl groups excluding tert-OH is 1. The molecule has 3 rings (SSSR count). The van der Waals surface area contributed by atoms with Crippen molar-refractivity contribution in [1.29, 1.82) is 5.26 Å². The van der Waals surface area contributed by atoms with E-state index in [4.69, 9.17) is 5.26 Å². The zero-order valence-electron chi connectivity index (χ0n) is 14.0. The number of pyridine rings is 1. The summed E-state index contributed by atoms with van der Waals surface area (Å²) in [6.07, 6.45) is -12.3. The Hall–Kier alpha value is -3.33. The number of carbonyl (C=O) groups is 1. The highest BCUT2D eigenvalue weighted by molar-refractivity contribution is 6.01. The maximum atomic E-state index is 14.1. The molecule has 1 aliphatic heterocycles. The monoisotopic (exact) mass is 417 g/mol. The summed E-state index contributed by atoms with van der Waals surface area (Å²) in [6, 6.07) is 5.43. The van der Waals surface area contributed by atoms with Crippen LogP contribution >= 0.6 is 0 Å². The third kappa shape index (κ3) is 3.68. The highest BCUT2D eigenvalue weighted by Gasteiger charge is 2.53. The second kappa shape index (κ2) is 6.93. The van der Waals surface area contributed by atoms with Gasteiger partial charge in [-0.1, -0.05) is 0 Å². The number of halogens is 6. The third-order valence-corrected chi connectivity index (χ3v) is 4.00. The summed E-state index contributed by atoms with van der Waals surface area (Å²) in [5.41, 5.74) is -2.12. The maximum absolute atomic E-state index is 14.1. The van der Waals surface area contributed by atoms with Gasteiger partial charge in [-0.25, -0.2) is 9.37 Å². The van der Waals surface area contributed by atoms with Crippen LogP contribution in [0, 0.1) is 17.1 Å². The second-order valence-electron chi connectivity index (χ2n) is 5.92. The van der Waals surface area contributed by atoms with Crippen molar-refractivity contribution in [3.05, 3.63) is 53.1 Å². The van der Waals surface area contributed by atoms with Gasteiger partial charge in [0.15, 0.2) is 11.9 Å². The van der Waals surface area contributed by atoms with E-state index in [0.717, 1.165) is 6.07 Å². The number of nitriles is 1. The fourth-order valence-corrected chi connectivity index (χ4v) is 2.71. The van der Waals surface area contributed by atoms with Gasteiger partial charge in [0, 0.05) is 6.20 Å². The first kappa shape index (κ1) is 20.4. The molecule has 1 aromatic carbocycles. The van der Waals surface area contributed by atoms with Gasteiger partial charge in [-0.05, 0) is 29.8 Å². The van der Waals surface area contributed by atoms with E-state index in [1.54, 1.807) is 6.07 Å². The summed E-state index contributed by atoms with van der Waals surface area (Å²) in [5.74, 6) is -4.87. The van der Waals surface area contributed by atoms with E-state index in [0.29, 0.717) is 11.0 Å². The number of fused-ring (bicyclic) bond motifs is 1. The van der Waals surface area contributed by atoms with Gasteiger partial charge in [-0.15, -0.1) is 0 Å². The summed E-state index contributed by atoms with van der Waals surface area (Å²) in [7, 11) is 0. The minimum absolute atomic E-state index is 0.0949. The number of aliphatic hydroxyl groups is 1. The van der Waals surface area contributed by atoms with Crippen LogP contribution in [0.4, 0.5) is 32.0 Å². The topological polar surface area (TPSA) is 86.5 Å². The second-order valence-corrected chi connectivity index (χ2v) is 5.92. The number of ether oxygens (including phenoxy) is 1. The third-order valence-electron chi connectivity index (χ3n) is 4.00. The van der Waals surface area contributed by atoms with Gasteiger partial charge >= 0.3 is 18.2 Å². The van der Waals surface area contributed by atoms with E-state index in [1.165, 1.54) is 18.3 Å². The minimum Gasteiger partial charge on any atom is -0.422 e. The maximum Gasteiger partial charge on any atom is 0.483 e. The highest BCUT2D eigenvalue weighted by Crippen LogP contribution is 2.48. The summed E-state index contributed by atoms with van der Waals surface area (Å²) in [4.78, 5) is 16.2. The molecule has 1 aliphatic rings. The van der Waals surface area contributed by atoms with E-state index < -0.39 is 53.7 Å². The quantitative estimate of drug-likeness (QED) is 0.776. The van der Waals surface area contributed by atoms with Gasteiger partial charge in [0.1, 0.15) is 17.6 Å². The lowest BCUT2D eigenvalue weighted by molar-refractivity contribution is -0.211. The molecule has 12 heteroatoms. The molecule has 1 atom stereocenters. The van der Waals surface area contributed by atoms with Gasteiger partial charge < -0.3 is 9.84 Å². The summed E-state index contributed by atoms with van der Waals surface area (Å²) in [6.45, 7) is -0.602. The number of alkyl halides is 5. The predicted molar refractivity (Wildman–Crippen MR) is 83.1 cm³/mol. The standard InChI is InChI=1S/C17H9F6N3O3/c18-10-1-2-11-13(12(10)14(27)16(19,20)21)29-17(22,23)15(28)26(11)7-8-3-4-25-9(5-8)6-24/h1-5,14,27H,7H2/t14-/m0/s1. The molecular formula is C17H9F6N3O3. The summed E-state index contributed by atoms with van der Waals surface area (Å²) < 4.78 is 85.0. The number of rotatable bonds is 3. The van der Waals surface area contributed by atoms with Crippen LogP contribution in [0.3, 0.4) is 0 Å². The first-order chi connectivity index (χ1) is 13.5. The van der Waals surface area contributed by atoms with Gasteiger partial charge in [0.25, 0.3) is 0 Å². The minimum atomic E-state index is -5.38. The SMILES string of the molecule is N#Cc1cc(CN2C(=O)C(F)(F)Oc3c2ccc(F)c3[C@H](O)C(F)(F)F)ccn1. The number of nitrogens with zero attached hydrogens (tertiary/aromatic N) is 3. The van der Waals surface area contributed by atoms with Crippen molar-refractivity contribution in [2.45, 2.75) is 24.9 Å². The van der Waals surface area contributed by atoms with Crippen molar-refractivity contribution < 1.29 is 41.0 Å². The van der Waals surface area contributed by atoms with E-state index in [2.05, 4.69) is 9.72 Å². The summed E-state index contributed by atoms with van der Waals surface area (Å²) >= 11 is 0. The lowest BCUT2D eigenvalue weighted by Crippen LogP contribution is -2.51. The lowest BCUT2D eigenvalue weighted by atomic mass is 10.0. The fraction of sp³-hybridized carbons (Fsp3) is 0.235. The summed E-state index contributed by atoms with van der Waals surface area (Å²) in [5, 5.41) is 18.3. The smallest absolute Gasteiger partial charge is 0.422 e. The largest absolute Gasteiger partial charge is 0.483 e. The van der Waals surface area contributed by atoms with Crippen LogP contribution in [-0.4, -0.2) is 28.3 Å². The molecule has 2 heterocycles. The van der Waals surface area contributed by atoms with Crippen LogP contribution < -0.4 is 9.64 Å². The number of hydrogen-bond acceptors (Lipinski definition) is 5. The molecule has 1 amide bonds. The van der Waals surface area contributed by atoms with E-state index in [-0.39, 0.29) is 11.3 Å². The molecule has 6 nitrogen and oxygen atoms in total. The van der Waals surface area contributed by atoms with E-state index in [1.807, 2.05) is 0 Å². The number of amides is 1. The molecule has 0 spiro atoms. The first-order valence-electron chi connectivity index (χ1n) is 7.76. The van der Waals surface area contributed by atoms with Gasteiger partial charge in [0.05, 0.1) is 17.8 Å². The highest BCUT2D eigenvalue weighted by atomic mass is 19.4. The number of benzene rings is 1. The lowest BCUT2D eigenvalue weighted by Gasteiger charge is -2.35. The number of anilines is 1. The molecule has 0 radical (unpaired) electrons. The van der Waals surface area contributed by atoms with Crippen molar-refractivity contribution in [2.75, 3.05) is 4.90 Å². The number of aromatic nitrogens is 1. The molecule has 2 aromatic rings. The van der Waals surface area contributed by atoms with Crippen LogP contribution in [0.1, 0.15) is 22.9 Å². The predicted octanol–water partition coefficient (Wildman–Crippen LogP) is 3.21. The van der Waals surface area contributed by atoms with Crippen LogP contribution in [0.15, 0.2) is 30.5 Å². The molecule has 1 aromatic heterocycles. The molecule has 152 valence electrons. The Bertz CT molecular complexity index is 1020. The number of carbonyl (C=O) groups excluding carboxylic acids is 1. The molecule has 1 N–H and O–H groups in total. The van der Waals surface area contributed by atoms with Crippen LogP contribution in [-0.2, 0) is 11.3 Å². The molecule has 0 saturated carbocycles. The molecule has 0 aliphatic carbocycles. The van der Waals surface area contributed by atoms with E-state index in [9.17, 15) is 36.2 Å². The Labute approximate surface area is 158 Å². The Morgan fingerprint density at radius 3 is 2.62 bits per heavy atom. The molecule has 0 bridgehead atoms. The average molecular weight is 417 g/mol. The normalized spacial score (nSPS) is 16.6. The van der Waals surface area contributed by atoms with Crippen LogP contribution in [0.5, 0.6) is 5.75 Å². The zero-order valence-corrected chi connectivity index (χ0v) is 14.0. The first-order valence-corrected chi connectivity index (χ1v) is 7.76. The molecule has 0 unspecified atom stereocenters. The van der Waals surface area contributed by atoms with Gasteiger partial charge in [0.2, 0.25) is 0 Å². The van der Waals surface area contributed by atoms with Crippen molar-refractivity contribution in [1.82, 2.24) is 4.98 Å². The number of hydrogen-bond donors (Lipinski definition) is 1. The zero-order chi connectivity index (χ0) is 21.6. The van der Waals surface area contributed by atoms with Gasteiger partial charge in [-0.2, -0.15) is 27.2 Å². The Morgan fingerprint density at radius 2 is 2.00 bits per heavy atom. The molecule has 29 heavy (non-hydrogen) atoms.